The van der Waals surface area contributed by atoms with Crippen molar-refractivity contribution in [2.75, 3.05) is 34.8 Å². The van der Waals surface area contributed by atoms with Crippen LogP contribution in [0.25, 0.3) is 0 Å². The van der Waals surface area contributed by atoms with Gasteiger partial charge in [0.05, 0.1) is 6.04 Å². The Hall–Kier alpha value is -4.38. The van der Waals surface area contributed by atoms with Gasteiger partial charge in [-0.2, -0.15) is 13.4 Å². The van der Waals surface area contributed by atoms with Crippen molar-refractivity contribution in [1.29, 1.82) is 0 Å². The molecule has 17 heteroatoms. The van der Waals surface area contributed by atoms with Gasteiger partial charge in [0.2, 0.25) is 5.95 Å². The number of H-pyrrole nitrogens is 1. The van der Waals surface area contributed by atoms with E-state index in [1.165, 1.54) is 24.3 Å². The molecule has 1 aromatic carbocycles. The molecule has 10 N–H and O–H groups in total. The van der Waals surface area contributed by atoms with Crippen LogP contribution in [-0.2, 0) is 19.7 Å². The summed E-state index contributed by atoms with van der Waals surface area (Å²) in [4.78, 5) is 53.3. The molecule has 2 heterocycles. The predicted molar refractivity (Wildman–Crippen MR) is 127 cm³/mol. The Morgan fingerprint density at radius 1 is 1.17 bits per heavy atom. The highest BCUT2D eigenvalue weighted by atomic mass is 32.2. The topological polar surface area (TPSA) is 266 Å². The van der Waals surface area contributed by atoms with Gasteiger partial charge in [0.1, 0.15) is 11.7 Å². The quantitative estimate of drug-likeness (QED) is 0.161. The van der Waals surface area contributed by atoms with Gasteiger partial charge in [0.15, 0.2) is 11.1 Å². The Labute approximate surface area is 203 Å². The Bertz CT molecular complexity index is 1330. The van der Waals surface area contributed by atoms with E-state index >= 15 is 0 Å². The number of carbonyl (C=O) groups excluding carboxylic acids is 1. The molecule has 0 saturated carbocycles. The molecule has 0 aliphatic carbocycles. The molecule has 0 spiro atoms. The van der Waals surface area contributed by atoms with E-state index in [0.717, 1.165) is 0 Å². The monoisotopic (exact) mass is 525 g/mol. The van der Waals surface area contributed by atoms with Crippen LogP contribution in [0.1, 0.15) is 16.8 Å². The first-order valence-electron chi connectivity index (χ1n) is 10.3. The van der Waals surface area contributed by atoms with Crippen molar-refractivity contribution in [1.82, 2.24) is 15.3 Å². The number of aliphatic carboxylic acids is 2. The Morgan fingerprint density at radius 2 is 1.83 bits per heavy atom. The average molecular weight is 526 g/mol. The molecule has 194 valence electrons. The van der Waals surface area contributed by atoms with E-state index in [-0.39, 0.29) is 23.2 Å². The van der Waals surface area contributed by atoms with Gasteiger partial charge in [-0.3, -0.25) is 23.9 Å². The van der Waals surface area contributed by atoms with Crippen LogP contribution in [0.3, 0.4) is 0 Å². The smallest absolute Gasteiger partial charge is 0.326 e. The fraction of sp³-hybridized carbons (Fsp3) is 0.316. The molecule has 1 aromatic heterocycles. The minimum absolute atomic E-state index is 0.0106. The second kappa shape index (κ2) is 10.5. The van der Waals surface area contributed by atoms with E-state index in [2.05, 4.69) is 25.9 Å². The van der Waals surface area contributed by atoms with E-state index in [9.17, 15) is 32.7 Å². The van der Waals surface area contributed by atoms with Crippen molar-refractivity contribution < 1.29 is 37.6 Å². The minimum atomic E-state index is -5.10. The van der Waals surface area contributed by atoms with Crippen LogP contribution in [0.4, 0.5) is 23.1 Å². The number of carboxylic acids is 2. The zero-order valence-electron chi connectivity index (χ0n) is 18.4. The third-order valence-corrected chi connectivity index (χ3v) is 6.30. The normalized spacial score (nSPS) is 16.4. The first kappa shape index (κ1) is 26.2. The molecule has 1 aliphatic rings. The number of amides is 1. The van der Waals surface area contributed by atoms with Gasteiger partial charge in [0.25, 0.3) is 21.6 Å². The third-order valence-electron chi connectivity index (χ3n) is 5.19. The number of aromatic nitrogens is 2. The number of anilines is 4. The highest BCUT2D eigenvalue weighted by Gasteiger charge is 2.36. The van der Waals surface area contributed by atoms with Crippen molar-refractivity contribution in [3.8, 4) is 0 Å². The van der Waals surface area contributed by atoms with E-state index in [0.29, 0.717) is 24.6 Å². The SMILES string of the molecule is Nc1nc2c(c(=O)[nH]1)NC(CNc1ccc(C(=O)NC(CC(C(=O)O)S(=O)(=O)O)C(=O)O)cc1)CN2. The summed E-state index contributed by atoms with van der Waals surface area (Å²) < 4.78 is 31.5. The van der Waals surface area contributed by atoms with Crippen LogP contribution < -0.4 is 32.6 Å². The van der Waals surface area contributed by atoms with Crippen LogP contribution in [0, 0.1) is 0 Å². The molecule has 2 aromatic rings. The molecule has 1 amide bonds. The van der Waals surface area contributed by atoms with Crippen molar-refractivity contribution in [2.24, 2.45) is 0 Å². The van der Waals surface area contributed by atoms with Crippen molar-refractivity contribution in [3.05, 3.63) is 40.2 Å². The van der Waals surface area contributed by atoms with Crippen LogP contribution in [0.15, 0.2) is 29.1 Å². The number of hydrogen-bond acceptors (Lipinski definition) is 11. The van der Waals surface area contributed by atoms with Crippen molar-refractivity contribution in [2.45, 2.75) is 23.8 Å². The number of nitrogens with two attached hydrogens (primary N) is 1. The highest BCUT2D eigenvalue weighted by Crippen LogP contribution is 2.20. The number of aromatic amines is 1. The second-order valence-electron chi connectivity index (χ2n) is 7.80. The summed E-state index contributed by atoms with van der Waals surface area (Å²) in [6.45, 7) is 0.808. The molecular formula is C19H23N7O9S. The maximum atomic E-state index is 12.4. The van der Waals surface area contributed by atoms with Gasteiger partial charge < -0.3 is 37.2 Å². The number of fused-ring (bicyclic) bond motifs is 1. The summed E-state index contributed by atoms with van der Waals surface area (Å²) in [5, 5.41) is 27.0. The summed E-state index contributed by atoms with van der Waals surface area (Å²) in [7, 11) is -5.10. The van der Waals surface area contributed by atoms with Crippen LogP contribution in [-0.4, -0.2) is 81.4 Å². The van der Waals surface area contributed by atoms with E-state index in [1.807, 2.05) is 5.32 Å². The number of nitrogens with zero attached hydrogens (tertiary/aromatic N) is 1. The number of carbonyl (C=O) groups is 3. The Morgan fingerprint density at radius 3 is 2.42 bits per heavy atom. The van der Waals surface area contributed by atoms with Crippen LogP contribution in [0.5, 0.6) is 0 Å². The molecule has 0 saturated heterocycles. The maximum Gasteiger partial charge on any atom is 0.326 e. The zero-order chi connectivity index (χ0) is 26.6. The number of benzene rings is 1. The molecule has 36 heavy (non-hydrogen) atoms. The zero-order valence-corrected chi connectivity index (χ0v) is 19.2. The van der Waals surface area contributed by atoms with Gasteiger partial charge in [-0.15, -0.1) is 0 Å². The van der Waals surface area contributed by atoms with E-state index in [1.54, 1.807) is 0 Å². The molecule has 3 rings (SSSR count). The number of carboxylic acid groups (broad SMARTS) is 2. The second-order valence-corrected chi connectivity index (χ2v) is 9.40. The van der Waals surface area contributed by atoms with Gasteiger partial charge in [-0.1, -0.05) is 0 Å². The Kier molecular flexibility index (Phi) is 7.64. The fourth-order valence-electron chi connectivity index (χ4n) is 3.36. The van der Waals surface area contributed by atoms with Crippen LogP contribution in [0.2, 0.25) is 0 Å². The fourth-order valence-corrected chi connectivity index (χ4v) is 4.05. The van der Waals surface area contributed by atoms with Gasteiger partial charge in [-0.05, 0) is 24.3 Å². The predicted octanol–water partition coefficient (Wildman–Crippen LogP) is -1.42. The largest absolute Gasteiger partial charge is 0.480 e. The number of nitrogen functional groups attached to an aromatic ring is 1. The Balaban J connectivity index is 1.59. The lowest BCUT2D eigenvalue weighted by Gasteiger charge is -2.27. The lowest BCUT2D eigenvalue weighted by atomic mass is 10.1. The lowest BCUT2D eigenvalue weighted by Crippen LogP contribution is -2.46. The first-order valence-corrected chi connectivity index (χ1v) is 11.8. The average Bonchev–Trinajstić information content (AvgIpc) is 2.79. The van der Waals surface area contributed by atoms with E-state index in [4.69, 9.17) is 15.4 Å². The summed E-state index contributed by atoms with van der Waals surface area (Å²) in [5.74, 6) is -4.19. The summed E-state index contributed by atoms with van der Waals surface area (Å²) in [6, 6.07) is 3.71. The molecule has 16 nitrogen and oxygen atoms in total. The van der Waals surface area contributed by atoms with Crippen molar-refractivity contribution >= 4 is 51.1 Å². The maximum absolute atomic E-state index is 12.4. The minimum Gasteiger partial charge on any atom is -0.480 e. The van der Waals surface area contributed by atoms with E-state index < -0.39 is 51.2 Å². The molecule has 3 unspecified atom stereocenters. The van der Waals surface area contributed by atoms with Gasteiger partial charge in [0, 0.05) is 30.8 Å². The molecular weight excluding hydrogens is 502 g/mol. The molecule has 0 radical (unpaired) electrons. The first-order chi connectivity index (χ1) is 16.8. The molecule has 3 atom stereocenters. The number of nitrogens with one attached hydrogen (secondary N) is 5. The standard InChI is InChI=1S/C19H23N7O9S/c20-19-25-14-13(16(28)26-19)23-10(7-22-14)6-21-9-3-1-8(2-4-9)15(27)24-11(17(29)30)5-12(18(31)32)36(33,34)35/h1-4,10-12,21,23H,5-7H2,(H,24,27)(H,29,30)(H,31,32)(H,33,34,35)(H4,20,22,25,26,28). The summed E-state index contributed by atoms with van der Waals surface area (Å²) in [5.41, 5.74) is 5.96. The van der Waals surface area contributed by atoms with Gasteiger partial charge >= 0.3 is 11.9 Å². The molecule has 1 aliphatic heterocycles. The lowest BCUT2D eigenvalue weighted by molar-refractivity contribution is -0.140. The number of hydrogen-bond donors (Lipinski definition) is 9. The molecule has 0 fully saturated rings. The van der Waals surface area contributed by atoms with Crippen molar-refractivity contribution in [3.63, 3.8) is 0 Å². The highest BCUT2D eigenvalue weighted by molar-refractivity contribution is 7.87. The third kappa shape index (κ3) is 6.39. The number of rotatable bonds is 10. The summed E-state index contributed by atoms with van der Waals surface area (Å²) >= 11 is 0. The summed E-state index contributed by atoms with van der Waals surface area (Å²) in [6.07, 6.45) is -1.08. The van der Waals surface area contributed by atoms with Gasteiger partial charge in [-0.25, -0.2) is 4.79 Å². The molecule has 0 bridgehead atoms. The van der Waals surface area contributed by atoms with Crippen LogP contribution >= 0.6 is 0 Å².